The molecular weight excluding hydrogens is 285 g/mol. The number of fused-ring (bicyclic) bond motifs is 3. The number of rotatable bonds is 1. The summed E-state index contributed by atoms with van der Waals surface area (Å²) in [5.74, 6) is 0. The Hall–Kier alpha value is -2.56. The summed E-state index contributed by atoms with van der Waals surface area (Å²) in [6.07, 6.45) is 4.17. The predicted octanol–water partition coefficient (Wildman–Crippen LogP) is 0.253. The molecule has 4 rings (SSSR count). The molecule has 4 nitrogen and oxygen atoms in total. The first-order valence-electron chi connectivity index (χ1n) is 7.81. The fraction of sp³-hybridized carbons (Fsp3) is 0.222. The van der Waals surface area contributed by atoms with E-state index in [-0.39, 0.29) is 6.85 Å². The smallest absolute Gasteiger partial charge is 0.399 e. The molecule has 5 heteroatoms. The van der Waals surface area contributed by atoms with Crippen molar-refractivity contribution < 1.29 is 8.98 Å². The SMILES string of the molecule is CC1=c2c(oc3nc(C)ccc23)=CN(C)B1c1cccc[n+]1C. The minimum absolute atomic E-state index is 0.191. The number of hydrogen-bond donors (Lipinski definition) is 0. The molecule has 0 atom stereocenters. The Morgan fingerprint density at radius 1 is 1.17 bits per heavy atom. The maximum Gasteiger partial charge on any atom is 0.399 e. The summed E-state index contributed by atoms with van der Waals surface area (Å²) in [5, 5.41) is 2.27. The Balaban J connectivity index is 2.06. The van der Waals surface area contributed by atoms with Crippen LogP contribution in [0.5, 0.6) is 0 Å². The fourth-order valence-electron chi connectivity index (χ4n) is 3.54. The summed E-state index contributed by atoms with van der Waals surface area (Å²) >= 11 is 0. The molecule has 114 valence electrons. The van der Waals surface area contributed by atoms with E-state index in [0.29, 0.717) is 0 Å². The van der Waals surface area contributed by atoms with Crippen LogP contribution in [0.1, 0.15) is 12.6 Å². The lowest BCUT2D eigenvalue weighted by atomic mass is 9.50. The average Bonchev–Trinajstić information content (AvgIpc) is 2.86. The van der Waals surface area contributed by atoms with Crippen molar-refractivity contribution in [1.82, 2.24) is 9.79 Å². The molecule has 0 bridgehead atoms. The quantitative estimate of drug-likeness (QED) is 0.477. The van der Waals surface area contributed by atoms with Crippen molar-refractivity contribution in [3.05, 3.63) is 52.9 Å². The van der Waals surface area contributed by atoms with Gasteiger partial charge in [0.25, 0.3) is 0 Å². The van der Waals surface area contributed by atoms with Crippen LogP contribution >= 0.6 is 0 Å². The highest BCUT2D eigenvalue weighted by atomic mass is 16.3. The van der Waals surface area contributed by atoms with Crippen LogP contribution in [0, 0.1) is 6.92 Å². The van der Waals surface area contributed by atoms with Crippen molar-refractivity contribution in [2.75, 3.05) is 7.05 Å². The molecule has 0 aromatic carbocycles. The minimum Gasteiger partial charge on any atom is -0.436 e. The van der Waals surface area contributed by atoms with Crippen LogP contribution in [0.3, 0.4) is 0 Å². The van der Waals surface area contributed by atoms with Gasteiger partial charge >= 0.3 is 6.85 Å². The van der Waals surface area contributed by atoms with Crippen molar-refractivity contribution in [3.8, 4) is 0 Å². The van der Waals surface area contributed by atoms with Crippen LogP contribution in [0.4, 0.5) is 0 Å². The van der Waals surface area contributed by atoms with Gasteiger partial charge in [0.15, 0.2) is 17.2 Å². The molecule has 1 aliphatic rings. The zero-order valence-electron chi connectivity index (χ0n) is 13.9. The highest BCUT2D eigenvalue weighted by Crippen LogP contribution is 2.13. The number of aromatic nitrogens is 2. The Kier molecular flexibility index (Phi) is 3.05. The zero-order chi connectivity index (χ0) is 16.1. The van der Waals surface area contributed by atoms with Gasteiger partial charge in [0.05, 0.1) is 0 Å². The molecule has 0 saturated heterocycles. The van der Waals surface area contributed by atoms with E-state index in [1.54, 1.807) is 0 Å². The second-order valence-corrected chi connectivity index (χ2v) is 6.26. The van der Waals surface area contributed by atoms with E-state index >= 15 is 0 Å². The highest BCUT2D eigenvalue weighted by Gasteiger charge is 2.34. The molecule has 0 unspecified atom stereocenters. The van der Waals surface area contributed by atoms with Crippen LogP contribution in [0.25, 0.3) is 22.8 Å². The van der Waals surface area contributed by atoms with Gasteiger partial charge in [0.1, 0.15) is 7.05 Å². The molecule has 4 heterocycles. The Labute approximate surface area is 135 Å². The number of nitrogens with zero attached hydrogens (tertiary/aromatic N) is 3. The Morgan fingerprint density at radius 2 is 2.00 bits per heavy atom. The van der Waals surface area contributed by atoms with Crippen LogP contribution in [0.15, 0.2) is 40.9 Å². The lowest BCUT2D eigenvalue weighted by Gasteiger charge is -2.24. The molecule has 0 N–H and O–H groups in total. The summed E-state index contributed by atoms with van der Waals surface area (Å²) in [5.41, 5.74) is 5.13. The van der Waals surface area contributed by atoms with E-state index in [2.05, 4.69) is 72.0 Å². The first-order valence-corrected chi connectivity index (χ1v) is 7.81. The van der Waals surface area contributed by atoms with Crippen LogP contribution < -0.4 is 20.8 Å². The monoisotopic (exact) mass is 304 g/mol. The molecule has 0 radical (unpaired) electrons. The van der Waals surface area contributed by atoms with Gasteiger partial charge in [-0.05, 0) is 39.1 Å². The second-order valence-electron chi connectivity index (χ2n) is 6.26. The first-order chi connectivity index (χ1) is 11.1. The van der Waals surface area contributed by atoms with E-state index in [1.165, 1.54) is 16.3 Å². The van der Waals surface area contributed by atoms with Gasteiger partial charge in [0, 0.05) is 28.6 Å². The zero-order valence-corrected chi connectivity index (χ0v) is 13.9. The van der Waals surface area contributed by atoms with Crippen LogP contribution in [-0.4, -0.2) is 23.7 Å². The molecule has 0 amide bonds. The minimum atomic E-state index is 0.191. The summed E-state index contributed by atoms with van der Waals surface area (Å²) in [6.45, 7) is 4.37. The number of hydrogen-bond acceptors (Lipinski definition) is 3. The number of furan rings is 1. The lowest BCUT2D eigenvalue weighted by Crippen LogP contribution is -2.62. The predicted molar refractivity (Wildman–Crippen MR) is 92.3 cm³/mol. The largest absolute Gasteiger partial charge is 0.436 e. The van der Waals surface area contributed by atoms with Crippen LogP contribution in [0.2, 0.25) is 0 Å². The average molecular weight is 304 g/mol. The van der Waals surface area contributed by atoms with Crippen LogP contribution in [-0.2, 0) is 7.05 Å². The first kappa shape index (κ1) is 14.1. The third-order valence-corrected chi connectivity index (χ3v) is 4.63. The van der Waals surface area contributed by atoms with Gasteiger partial charge < -0.3 is 9.23 Å². The van der Waals surface area contributed by atoms with Crippen molar-refractivity contribution in [2.24, 2.45) is 7.05 Å². The summed E-state index contributed by atoms with van der Waals surface area (Å²) < 4.78 is 8.17. The van der Waals surface area contributed by atoms with E-state index in [9.17, 15) is 0 Å². The van der Waals surface area contributed by atoms with E-state index in [4.69, 9.17) is 4.42 Å². The molecule has 0 spiro atoms. The standard InChI is InChI=1S/C18H19BN3O/c1-12-8-9-14-17-13(2)19(16-7-5-6-10-21(16)3)22(4)11-15(17)23-18(14)20-12/h5-11H,1-4H3/q+1. The lowest BCUT2D eigenvalue weighted by molar-refractivity contribution is -0.654. The van der Waals surface area contributed by atoms with E-state index in [0.717, 1.165) is 22.2 Å². The van der Waals surface area contributed by atoms with E-state index in [1.807, 2.05) is 13.0 Å². The Morgan fingerprint density at radius 3 is 2.78 bits per heavy atom. The van der Waals surface area contributed by atoms with Crippen molar-refractivity contribution in [2.45, 2.75) is 13.8 Å². The molecule has 3 aromatic rings. The fourth-order valence-corrected chi connectivity index (χ4v) is 3.54. The number of pyridine rings is 2. The van der Waals surface area contributed by atoms with Gasteiger partial charge in [0.2, 0.25) is 5.71 Å². The third-order valence-electron chi connectivity index (χ3n) is 4.63. The van der Waals surface area contributed by atoms with Crippen molar-refractivity contribution in [3.63, 3.8) is 0 Å². The van der Waals surface area contributed by atoms with Crippen molar-refractivity contribution in [1.29, 1.82) is 0 Å². The van der Waals surface area contributed by atoms with Gasteiger partial charge in [-0.25, -0.2) is 9.55 Å². The summed E-state index contributed by atoms with van der Waals surface area (Å²) in [4.78, 5) is 6.74. The van der Waals surface area contributed by atoms with Gasteiger partial charge in [-0.2, -0.15) is 0 Å². The van der Waals surface area contributed by atoms with E-state index < -0.39 is 0 Å². The van der Waals surface area contributed by atoms with Gasteiger partial charge in [-0.15, -0.1) is 0 Å². The maximum atomic E-state index is 5.99. The summed E-state index contributed by atoms with van der Waals surface area (Å²) in [7, 11) is 4.18. The topological polar surface area (TPSA) is 33.2 Å². The molecule has 3 aromatic heterocycles. The van der Waals surface area contributed by atoms with Gasteiger partial charge in [-0.1, -0.05) is 11.5 Å². The molecule has 0 aliphatic carbocycles. The second kappa shape index (κ2) is 4.98. The van der Waals surface area contributed by atoms with Crippen molar-refractivity contribution >= 4 is 35.2 Å². The molecule has 23 heavy (non-hydrogen) atoms. The normalized spacial score (nSPS) is 14.2. The highest BCUT2D eigenvalue weighted by molar-refractivity contribution is 6.85. The third kappa shape index (κ3) is 2.07. The maximum absolute atomic E-state index is 5.99. The molecule has 1 aliphatic heterocycles. The van der Waals surface area contributed by atoms with Gasteiger partial charge in [-0.3, -0.25) is 0 Å². The molecule has 0 fully saturated rings. The summed E-state index contributed by atoms with van der Waals surface area (Å²) in [6, 6.07) is 10.5. The number of aryl methyl sites for hydroxylation is 2. The molecule has 0 saturated carbocycles. The Bertz CT molecular complexity index is 1040. The molecular formula is C18H19BN3O+.